The molecule has 2 heterocycles. The molecular weight excluding hydrogens is 378 g/mol. The van der Waals surface area contributed by atoms with Crippen LogP contribution in [0.25, 0.3) is 5.69 Å². The van der Waals surface area contributed by atoms with E-state index in [1.807, 2.05) is 0 Å². The normalized spacial score (nSPS) is 13.5. The van der Waals surface area contributed by atoms with Gasteiger partial charge in [-0.15, -0.1) is 13.2 Å². The van der Waals surface area contributed by atoms with Crippen molar-refractivity contribution in [2.75, 3.05) is 0 Å². The van der Waals surface area contributed by atoms with Gasteiger partial charge in [-0.25, -0.2) is 9.42 Å². The molecule has 2 N–H and O–H groups in total. The van der Waals surface area contributed by atoms with Crippen molar-refractivity contribution in [1.29, 1.82) is 0 Å². The van der Waals surface area contributed by atoms with Gasteiger partial charge in [-0.2, -0.15) is 23.0 Å². The zero-order valence-corrected chi connectivity index (χ0v) is 12.3. The highest BCUT2D eigenvalue weighted by Crippen LogP contribution is 2.34. The summed E-state index contributed by atoms with van der Waals surface area (Å²) >= 11 is 0. The molecule has 0 fully saturated rings. The van der Waals surface area contributed by atoms with Gasteiger partial charge in [0.1, 0.15) is 5.69 Å². The highest BCUT2D eigenvalue weighted by Gasteiger charge is 2.53. The number of hydrogen-bond donors (Lipinski definition) is 1. The molecular formula is C12H8F6N4O4. The Bertz CT molecular complexity index is 809. The summed E-state index contributed by atoms with van der Waals surface area (Å²) in [6.07, 6.45) is -12.5. The molecule has 1 unspecified atom stereocenters. The SMILES string of the molecule is NC(=O)c1nn(-c2ccc[n+]([O-])c2)cc1OC(F)C(F)(F)OC(F)(F)F. The molecule has 2 aromatic heterocycles. The molecule has 0 spiro atoms. The quantitative estimate of drug-likeness (QED) is 0.459. The van der Waals surface area contributed by atoms with E-state index in [-0.39, 0.29) is 5.69 Å². The number of ether oxygens (including phenoxy) is 2. The first kappa shape index (κ1) is 19.3. The minimum Gasteiger partial charge on any atom is -0.619 e. The average Bonchev–Trinajstić information content (AvgIpc) is 2.89. The lowest BCUT2D eigenvalue weighted by atomic mass is 10.4. The smallest absolute Gasteiger partial charge is 0.527 e. The lowest BCUT2D eigenvalue weighted by Gasteiger charge is -2.21. The fraction of sp³-hybridized carbons (Fsp3) is 0.250. The first-order valence-electron chi connectivity index (χ1n) is 6.43. The Morgan fingerprint density at radius 1 is 1.35 bits per heavy atom. The standard InChI is InChI=1S/C12H8F6N4O4/c13-10(11(14,15)26-12(16,17)18)25-7-5-22(20-8(7)9(19)23)6-2-1-3-21(24)4-6/h1-5,10H,(H2,19,23). The summed E-state index contributed by atoms with van der Waals surface area (Å²) in [4.78, 5) is 11.3. The predicted octanol–water partition coefficient (Wildman–Crippen LogP) is 1.41. The van der Waals surface area contributed by atoms with Crippen LogP contribution < -0.4 is 15.2 Å². The van der Waals surface area contributed by atoms with Crippen LogP contribution in [0.5, 0.6) is 5.75 Å². The summed E-state index contributed by atoms with van der Waals surface area (Å²) < 4.78 is 82.7. The topological polar surface area (TPSA) is 106 Å². The molecule has 14 heteroatoms. The summed E-state index contributed by atoms with van der Waals surface area (Å²) in [6, 6.07) is 2.56. The third-order valence-electron chi connectivity index (χ3n) is 2.68. The Labute approximate surface area is 139 Å². The summed E-state index contributed by atoms with van der Waals surface area (Å²) in [7, 11) is 0. The fourth-order valence-electron chi connectivity index (χ4n) is 1.71. The number of alkyl halides is 6. The van der Waals surface area contributed by atoms with Crippen LogP contribution in [0.3, 0.4) is 0 Å². The first-order chi connectivity index (χ1) is 11.9. The largest absolute Gasteiger partial charge is 0.619 e. The minimum atomic E-state index is -5.85. The molecule has 0 saturated carbocycles. The lowest BCUT2D eigenvalue weighted by Crippen LogP contribution is -2.41. The van der Waals surface area contributed by atoms with Gasteiger partial charge in [0.25, 0.3) is 5.91 Å². The van der Waals surface area contributed by atoms with Gasteiger partial charge in [-0.05, 0) is 6.07 Å². The van der Waals surface area contributed by atoms with Crippen molar-refractivity contribution in [2.24, 2.45) is 5.73 Å². The highest BCUT2D eigenvalue weighted by molar-refractivity contribution is 5.93. The molecule has 2 aromatic rings. The number of rotatable bonds is 6. The van der Waals surface area contributed by atoms with Crippen LogP contribution >= 0.6 is 0 Å². The van der Waals surface area contributed by atoms with E-state index >= 15 is 0 Å². The monoisotopic (exact) mass is 386 g/mol. The highest BCUT2D eigenvalue weighted by atomic mass is 19.4. The first-order valence-corrected chi connectivity index (χ1v) is 6.43. The maximum atomic E-state index is 13.5. The zero-order valence-electron chi connectivity index (χ0n) is 12.3. The van der Waals surface area contributed by atoms with Crippen molar-refractivity contribution in [1.82, 2.24) is 9.78 Å². The number of carbonyl (C=O) groups is 1. The second kappa shape index (κ2) is 6.70. The van der Waals surface area contributed by atoms with Gasteiger partial charge >= 0.3 is 18.8 Å². The molecule has 1 amide bonds. The van der Waals surface area contributed by atoms with E-state index in [1.165, 1.54) is 12.1 Å². The number of nitrogens with two attached hydrogens (primary N) is 1. The van der Waals surface area contributed by atoms with E-state index < -0.39 is 36.2 Å². The Kier molecular flexibility index (Phi) is 4.97. The third kappa shape index (κ3) is 4.53. The van der Waals surface area contributed by atoms with Crippen LogP contribution in [0, 0.1) is 5.21 Å². The number of hydrogen-bond acceptors (Lipinski definition) is 5. The Morgan fingerprint density at radius 3 is 2.54 bits per heavy atom. The summed E-state index contributed by atoms with van der Waals surface area (Å²) in [6.45, 7) is 0. The Morgan fingerprint density at radius 2 is 2.00 bits per heavy atom. The molecule has 142 valence electrons. The molecule has 1 atom stereocenters. The van der Waals surface area contributed by atoms with Crippen LogP contribution in [-0.4, -0.2) is 34.5 Å². The van der Waals surface area contributed by atoms with Crippen LogP contribution in [0.2, 0.25) is 0 Å². The van der Waals surface area contributed by atoms with Crippen LogP contribution in [0.1, 0.15) is 10.5 Å². The van der Waals surface area contributed by atoms with Crippen molar-refractivity contribution in [2.45, 2.75) is 18.8 Å². The number of carbonyl (C=O) groups excluding carboxylic acids is 1. The summed E-state index contributed by atoms with van der Waals surface area (Å²) in [5.74, 6) is -2.34. The second-order valence-corrected chi connectivity index (χ2v) is 4.62. The molecule has 0 bridgehead atoms. The second-order valence-electron chi connectivity index (χ2n) is 4.62. The van der Waals surface area contributed by atoms with E-state index in [4.69, 9.17) is 5.73 Å². The predicted molar refractivity (Wildman–Crippen MR) is 68.7 cm³/mol. The van der Waals surface area contributed by atoms with Crippen molar-refractivity contribution < 1.29 is 45.3 Å². The van der Waals surface area contributed by atoms with Crippen molar-refractivity contribution in [3.05, 3.63) is 41.6 Å². The molecule has 0 aliphatic carbocycles. The number of nitrogens with zero attached hydrogens (tertiary/aromatic N) is 3. The van der Waals surface area contributed by atoms with E-state index in [2.05, 4.69) is 14.6 Å². The van der Waals surface area contributed by atoms with E-state index in [0.29, 0.717) is 10.9 Å². The van der Waals surface area contributed by atoms with Gasteiger partial charge in [0.2, 0.25) is 6.20 Å². The molecule has 0 aromatic carbocycles. The molecule has 0 saturated heterocycles. The Balaban J connectivity index is 2.32. The van der Waals surface area contributed by atoms with Gasteiger partial charge in [0.15, 0.2) is 17.6 Å². The van der Waals surface area contributed by atoms with Gasteiger partial charge < -0.3 is 15.7 Å². The maximum absolute atomic E-state index is 13.5. The lowest BCUT2D eigenvalue weighted by molar-refractivity contribution is -0.605. The van der Waals surface area contributed by atoms with Crippen LogP contribution in [-0.2, 0) is 4.74 Å². The minimum absolute atomic E-state index is 0.00596. The molecule has 26 heavy (non-hydrogen) atoms. The van der Waals surface area contributed by atoms with Gasteiger partial charge in [-0.1, -0.05) is 0 Å². The van der Waals surface area contributed by atoms with E-state index in [9.17, 15) is 36.3 Å². The fourth-order valence-corrected chi connectivity index (χ4v) is 1.71. The number of aromatic nitrogens is 3. The maximum Gasteiger partial charge on any atom is 0.527 e. The van der Waals surface area contributed by atoms with E-state index in [1.54, 1.807) is 0 Å². The Hall–Kier alpha value is -3.03. The number of amides is 1. The summed E-state index contributed by atoms with van der Waals surface area (Å²) in [5.41, 5.74) is 4.07. The van der Waals surface area contributed by atoms with E-state index in [0.717, 1.165) is 17.1 Å². The molecule has 2 rings (SSSR count). The van der Waals surface area contributed by atoms with Crippen molar-refractivity contribution in [3.8, 4) is 11.4 Å². The number of primary amides is 1. The van der Waals surface area contributed by atoms with Gasteiger partial charge in [-0.3, -0.25) is 4.79 Å². The van der Waals surface area contributed by atoms with Crippen LogP contribution in [0.4, 0.5) is 26.3 Å². The number of pyridine rings is 1. The third-order valence-corrected chi connectivity index (χ3v) is 2.68. The van der Waals surface area contributed by atoms with Gasteiger partial charge in [0.05, 0.1) is 6.20 Å². The summed E-state index contributed by atoms with van der Waals surface area (Å²) in [5, 5.41) is 14.7. The zero-order chi connectivity index (χ0) is 19.7. The average molecular weight is 386 g/mol. The van der Waals surface area contributed by atoms with Crippen LogP contribution in [0.15, 0.2) is 30.7 Å². The molecule has 0 aliphatic rings. The molecule has 8 nitrogen and oxygen atoms in total. The van der Waals surface area contributed by atoms with Gasteiger partial charge in [0, 0.05) is 6.07 Å². The van der Waals surface area contributed by atoms with Crippen molar-refractivity contribution in [3.63, 3.8) is 0 Å². The molecule has 0 radical (unpaired) electrons. The number of halogens is 6. The van der Waals surface area contributed by atoms with Crippen molar-refractivity contribution >= 4 is 5.91 Å². The molecule has 0 aliphatic heterocycles.